The lowest BCUT2D eigenvalue weighted by atomic mass is 10.1. The van der Waals surface area contributed by atoms with Crippen LogP contribution in [0.25, 0.3) is 0 Å². The van der Waals surface area contributed by atoms with E-state index in [1.165, 1.54) is 6.07 Å². The van der Waals surface area contributed by atoms with Gasteiger partial charge in [-0.05, 0) is 40.5 Å². The summed E-state index contributed by atoms with van der Waals surface area (Å²) in [6.45, 7) is 1.88. The van der Waals surface area contributed by atoms with Crippen LogP contribution in [0.2, 0.25) is 0 Å². The molecule has 1 aromatic rings. The molecule has 0 aliphatic heterocycles. The molecule has 0 aromatic heterocycles. The fraction of sp³-hybridized carbons (Fsp3) is 0.333. The predicted octanol–water partition coefficient (Wildman–Crippen LogP) is 1.80. The molecule has 5 N–H and O–H groups in total. The van der Waals surface area contributed by atoms with Crippen LogP contribution in [0.3, 0.4) is 0 Å². The fourth-order valence-electron chi connectivity index (χ4n) is 1.51. The summed E-state index contributed by atoms with van der Waals surface area (Å²) in [4.78, 5) is 12.0. The standard InChI is InChI=1S/C12H16BrN3O3/c1-2-8(6-11(14)16-19)15-12(18)7-3-4-9(13)10(17)5-7/h3-5,8,17,19H,2,6H2,1H3,(H2,14,16)(H,15,18). The molecule has 0 radical (unpaired) electrons. The van der Waals surface area contributed by atoms with Crippen LogP contribution in [0.15, 0.2) is 27.8 Å². The lowest BCUT2D eigenvalue weighted by Gasteiger charge is -2.16. The largest absolute Gasteiger partial charge is 0.507 e. The summed E-state index contributed by atoms with van der Waals surface area (Å²) in [6.07, 6.45) is 0.908. The van der Waals surface area contributed by atoms with Crippen molar-refractivity contribution in [2.24, 2.45) is 10.9 Å². The number of nitrogens with one attached hydrogen (secondary N) is 1. The minimum Gasteiger partial charge on any atom is -0.507 e. The number of phenolic OH excluding ortho intramolecular Hbond substituents is 1. The number of hydrogen-bond acceptors (Lipinski definition) is 4. The Bertz CT molecular complexity index is 491. The number of carbonyl (C=O) groups excluding carboxylic acids is 1. The summed E-state index contributed by atoms with van der Waals surface area (Å²) in [5, 5.41) is 23.7. The molecule has 1 amide bonds. The van der Waals surface area contributed by atoms with E-state index in [-0.39, 0.29) is 30.0 Å². The molecule has 0 bridgehead atoms. The fourth-order valence-corrected chi connectivity index (χ4v) is 1.76. The lowest BCUT2D eigenvalue weighted by molar-refractivity contribution is 0.0936. The number of oxime groups is 1. The molecule has 1 unspecified atom stereocenters. The SMILES string of the molecule is CCC(C/C(N)=N/O)NC(=O)c1ccc(Br)c(O)c1. The van der Waals surface area contributed by atoms with Crippen LogP contribution in [0.5, 0.6) is 5.75 Å². The van der Waals surface area contributed by atoms with Gasteiger partial charge in [-0.2, -0.15) is 0 Å². The minimum absolute atomic E-state index is 0.00265. The Balaban J connectivity index is 2.74. The normalized spacial score (nSPS) is 13.1. The van der Waals surface area contributed by atoms with Crippen molar-refractivity contribution in [1.29, 1.82) is 0 Å². The number of halogens is 1. The van der Waals surface area contributed by atoms with Gasteiger partial charge in [0.1, 0.15) is 11.6 Å². The molecule has 0 aliphatic rings. The number of amidine groups is 1. The van der Waals surface area contributed by atoms with Crippen molar-refractivity contribution in [3.8, 4) is 5.75 Å². The van der Waals surface area contributed by atoms with E-state index in [4.69, 9.17) is 10.9 Å². The maximum absolute atomic E-state index is 12.0. The van der Waals surface area contributed by atoms with Crippen LogP contribution < -0.4 is 11.1 Å². The van der Waals surface area contributed by atoms with E-state index in [2.05, 4.69) is 26.4 Å². The highest BCUT2D eigenvalue weighted by atomic mass is 79.9. The monoisotopic (exact) mass is 329 g/mol. The Hall–Kier alpha value is -1.76. The molecule has 1 aromatic carbocycles. The zero-order valence-corrected chi connectivity index (χ0v) is 12.0. The molecule has 0 heterocycles. The first-order chi connectivity index (χ1) is 8.97. The maximum atomic E-state index is 12.0. The quantitative estimate of drug-likeness (QED) is 0.286. The zero-order chi connectivity index (χ0) is 14.4. The summed E-state index contributed by atoms with van der Waals surface area (Å²) in [5.74, 6) is -0.261. The molecule has 7 heteroatoms. The number of hydrogen-bond donors (Lipinski definition) is 4. The zero-order valence-electron chi connectivity index (χ0n) is 10.4. The molecule has 104 valence electrons. The second-order valence-electron chi connectivity index (χ2n) is 4.04. The van der Waals surface area contributed by atoms with Crippen LogP contribution in [0.4, 0.5) is 0 Å². The molecule has 0 spiro atoms. The van der Waals surface area contributed by atoms with Gasteiger partial charge in [-0.15, -0.1) is 0 Å². The maximum Gasteiger partial charge on any atom is 0.251 e. The number of phenols is 1. The van der Waals surface area contributed by atoms with Gasteiger partial charge < -0.3 is 21.4 Å². The minimum atomic E-state index is -0.319. The van der Waals surface area contributed by atoms with Crippen molar-refractivity contribution in [2.75, 3.05) is 0 Å². The Morgan fingerprint density at radius 1 is 1.58 bits per heavy atom. The second-order valence-corrected chi connectivity index (χ2v) is 4.89. The van der Waals surface area contributed by atoms with Gasteiger partial charge in [0.25, 0.3) is 5.91 Å². The number of nitrogens with zero attached hydrogens (tertiary/aromatic N) is 1. The number of rotatable bonds is 5. The summed E-state index contributed by atoms with van der Waals surface area (Å²) < 4.78 is 0.521. The topological polar surface area (TPSA) is 108 Å². The molecule has 1 atom stereocenters. The van der Waals surface area contributed by atoms with E-state index in [0.717, 1.165) is 0 Å². The van der Waals surface area contributed by atoms with Crippen LogP contribution in [0, 0.1) is 0 Å². The van der Waals surface area contributed by atoms with Crippen LogP contribution in [0.1, 0.15) is 30.1 Å². The predicted molar refractivity (Wildman–Crippen MR) is 75.4 cm³/mol. The van der Waals surface area contributed by atoms with Crippen LogP contribution in [-0.4, -0.2) is 28.1 Å². The summed E-state index contributed by atoms with van der Waals surface area (Å²) in [6, 6.07) is 4.33. The number of aromatic hydroxyl groups is 1. The second kappa shape index (κ2) is 6.98. The average Bonchev–Trinajstić information content (AvgIpc) is 2.40. The van der Waals surface area contributed by atoms with Crippen molar-refractivity contribution in [2.45, 2.75) is 25.8 Å². The smallest absolute Gasteiger partial charge is 0.251 e. The van der Waals surface area contributed by atoms with Crippen molar-refractivity contribution in [1.82, 2.24) is 5.32 Å². The third-order valence-corrected chi connectivity index (χ3v) is 3.29. The Morgan fingerprint density at radius 2 is 2.26 bits per heavy atom. The van der Waals surface area contributed by atoms with Gasteiger partial charge in [-0.3, -0.25) is 4.79 Å². The number of amides is 1. The Labute approximate surface area is 119 Å². The van der Waals surface area contributed by atoms with Gasteiger partial charge in [0.15, 0.2) is 0 Å². The van der Waals surface area contributed by atoms with Crippen molar-refractivity contribution in [3.05, 3.63) is 28.2 Å². The van der Waals surface area contributed by atoms with E-state index < -0.39 is 0 Å². The van der Waals surface area contributed by atoms with Gasteiger partial charge in [0.05, 0.1) is 4.47 Å². The van der Waals surface area contributed by atoms with Gasteiger partial charge in [0, 0.05) is 18.0 Å². The molecule has 19 heavy (non-hydrogen) atoms. The molecule has 0 fully saturated rings. The number of carbonyl (C=O) groups is 1. The van der Waals surface area contributed by atoms with E-state index in [1.54, 1.807) is 12.1 Å². The number of benzene rings is 1. The third-order valence-electron chi connectivity index (χ3n) is 2.62. The first-order valence-electron chi connectivity index (χ1n) is 5.73. The van der Waals surface area contributed by atoms with Gasteiger partial charge in [-0.1, -0.05) is 12.1 Å². The molecule has 0 saturated carbocycles. The Morgan fingerprint density at radius 3 is 2.79 bits per heavy atom. The van der Waals surface area contributed by atoms with E-state index in [9.17, 15) is 9.90 Å². The number of nitrogens with two attached hydrogens (primary N) is 1. The average molecular weight is 330 g/mol. The first kappa shape index (κ1) is 15.3. The van der Waals surface area contributed by atoms with E-state index in [0.29, 0.717) is 16.5 Å². The Kier molecular flexibility index (Phi) is 5.62. The molecule has 0 saturated heterocycles. The van der Waals surface area contributed by atoms with Gasteiger partial charge >= 0.3 is 0 Å². The molecular weight excluding hydrogens is 314 g/mol. The van der Waals surface area contributed by atoms with Crippen molar-refractivity contribution < 1.29 is 15.1 Å². The highest BCUT2D eigenvalue weighted by Gasteiger charge is 2.14. The summed E-state index contributed by atoms with van der Waals surface area (Å²) in [7, 11) is 0. The molecular formula is C12H16BrN3O3. The molecule has 0 aliphatic carbocycles. The van der Waals surface area contributed by atoms with Crippen molar-refractivity contribution in [3.63, 3.8) is 0 Å². The van der Waals surface area contributed by atoms with E-state index in [1.807, 2.05) is 6.92 Å². The van der Waals surface area contributed by atoms with Crippen LogP contribution in [-0.2, 0) is 0 Å². The summed E-state index contributed by atoms with van der Waals surface area (Å²) in [5.41, 5.74) is 5.76. The van der Waals surface area contributed by atoms with Gasteiger partial charge in [0.2, 0.25) is 0 Å². The van der Waals surface area contributed by atoms with E-state index >= 15 is 0 Å². The molecule has 1 rings (SSSR count). The highest BCUT2D eigenvalue weighted by Crippen LogP contribution is 2.24. The highest BCUT2D eigenvalue weighted by molar-refractivity contribution is 9.10. The van der Waals surface area contributed by atoms with Crippen molar-refractivity contribution >= 4 is 27.7 Å². The van der Waals surface area contributed by atoms with Gasteiger partial charge in [-0.25, -0.2) is 0 Å². The first-order valence-corrected chi connectivity index (χ1v) is 6.53. The van der Waals surface area contributed by atoms with Crippen LogP contribution >= 0.6 is 15.9 Å². The third kappa shape index (κ3) is 4.44. The lowest BCUT2D eigenvalue weighted by Crippen LogP contribution is -2.37. The summed E-state index contributed by atoms with van der Waals surface area (Å²) >= 11 is 3.14. The molecule has 6 nitrogen and oxygen atoms in total.